The van der Waals surface area contributed by atoms with Crippen molar-refractivity contribution < 1.29 is 5.11 Å². The Morgan fingerprint density at radius 2 is 2.14 bits per heavy atom. The quantitative estimate of drug-likeness (QED) is 0.762. The normalized spacial score (nSPS) is 12.9. The Balaban J connectivity index is 2.64. The number of rotatable bonds is 4. The number of aliphatic hydroxyl groups excluding tert-OH is 1. The van der Waals surface area contributed by atoms with Crippen molar-refractivity contribution >= 4 is 5.95 Å². The minimum atomic E-state index is -0.388. The molecular formula is C10H17N3O. The highest BCUT2D eigenvalue weighted by atomic mass is 16.3. The Morgan fingerprint density at radius 1 is 1.43 bits per heavy atom. The fraction of sp³-hybridized carbons (Fsp3) is 0.600. The predicted molar refractivity (Wildman–Crippen MR) is 56.3 cm³/mol. The van der Waals surface area contributed by atoms with Crippen LogP contribution in [0.25, 0.3) is 0 Å². The molecule has 0 fully saturated rings. The van der Waals surface area contributed by atoms with Gasteiger partial charge in [0.1, 0.15) is 0 Å². The Labute approximate surface area is 84.4 Å². The number of nitrogens with zero attached hydrogens (tertiary/aromatic N) is 2. The molecule has 2 N–H and O–H groups in total. The molecule has 0 aliphatic rings. The van der Waals surface area contributed by atoms with Gasteiger partial charge in [-0.2, -0.15) is 0 Å². The molecule has 1 aromatic heterocycles. The second-order valence-electron chi connectivity index (χ2n) is 3.69. The molecule has 0 aliphatic heterocycles. The van der Waals surface area contributed by atoms with E-state index in [0.717, 1.165) is 5.69 Å². The van der Waals surface area contributed by atoms with Gasteiger partial charge in [-0.05, 0) is 18.9 Å². The van der Waals surface area contributed by atoms with Crippen molar-refractivity contribution in [3.05, 3.63) is 18.0 Å². The molecule has 4 nitrogen and oxygen atoms in total. The van der Waals surface area contributed by atoms with Crippen molar-refractivity contribution in [3.63, 3.8) is 0 Å². The number of nitrogens with one attached hydrogen (secondary N) is 1. The average molecular weight is 195 g/mol. The molecule has 4 heteroatoms. The molecule has 78 valence electrons. The maximum absolute atomic E-state index is 9.07. The lowest BCUT2D eigenvalue weighted by Crippen LogP contribution is -2.17. The Hall–Kier alpha value is -1.16. The van der Waals surface area contributed by atoms with Crippen LogP contribution < -0.4 is 5.32 Å². The largest absolute Gasteiger partial charge is 0.392 e. The van der Waals surface area contributed by atoms with E-state index in [1.54, 1.807) is 13.1 Å². The summed E-state index contributed by atoms with van der Waals surface area (Å²) in [4.78, 5) is 8.37. The molecule has 14 heavy (non-hydrogen) atoms. The minimum Gasteiger partial charge on any atom is -0.392 e. The lowest BCUT2D eigenvalue weighted by Gasteiger charge is -2.09. The third kappa shape index (κ3) is 3.30. The van der Waals surface area contributed by atoms with Crippen molar-refractivity contribution in [2.24, 2.45) is 0 Å². The molecule has 1 heterocycles. The third-order valence-electron chi connectivity index (χ3n) is 1.82. The van der Waals surface area contributed by atoms with Gasteiger partial charge in [0.15, 0.2) is 0 Å². The van der Waals surface area contributed by atoms with Crippen molar-refractivity contribution in [3.8, 4) is 0 Å². The molecule has 1 atom stereocenters. The minimum absolute atomic E-state index is 0.388. The zero-order valence-electron chi connectivity index (χ0n) is 8.86. The summed E-state index contributed by atoms with van der Waals surface area (Å²) in [6, 6.07) is 1.90. The van der Waals surface area contributed by atoms with E-state index in [1.165, 1.54) is 0 Å². The second kappa shape index (κ2) is 4.91. The van der Waals surface area contributed by atoms with Gasteiger partial charge < -0.3 is 10.4 Å². The second-order valence-corrected chi connectivity index (χ2v) is 3.69. The maximum Gasteiger partial charge on any atom is 0.222 e. The molecule has 0 aliphatic carbocycles. The maximum atomic E-state index is 9.07. The van der Waals surface area contributed by atoms with Gasteiger partial charge in [0.2, 0.25) is 5.95 Å². The zero-order chi connectivity index (χ0) is 10.6. The van der Waals surface area contributed by atoms with Gasteiger partial charge in [-0.15, -0.1) is 0 Å². The van der Waals surface area contributed by atoms with E-state index in [-0.39, 0.29) is 6.10 Å². The Morgan fingerprint density at radius 3 is 2.71 bits per heavy atom. The molecule has 0 spiro atoms. The monoisotopic (exact) mass is 195 g/mol. The molecule has 0 radical (unpaired) electrons. The van der Waals surface area contributed by atoms with Crippen LogP contribution in [0.4, 0.5) is 5.95 Å². The zero-order valence-corrected chi connectivity index (χ0v) is 8.86. The van der Waals surface area contributed by atoms with E-state index in [2.05, 4.69) is 29.1 Å². The number of aromatic nitrogens is 2. The van der Waals surface area contributed by atoms with E-state index in [9.17, 15) is 0 Å². The predicted octanol–water partition coefficient (Wildman–Crippen LogP) is 1.39. The van der Waals surface area contributed by atoms with Crippen LogP contribution in [0.2, 0.25) is 0 Å². The van der Waals surface area contributed by atoms with Gasteiger partial charge >= 0.3 is 0 Å². The molecule has 0 unspecified atom stereocenters. The molecule has 0 saturated heterocycles. The average Bonchev–Trinajstić information content (AvgIpc) is 2.15. The van der Waals surface area contributed by atoms with Crippen molar-refractivity contribution in [2.75, 3.05) is 11.9 Å². The van der Waals surface area contributed by atoms with E-state index < -0.39 is 0 Å². The fourth-order valence-corrected chi connectivity index (χ4v) is 1.02. The van der Waals surface area contributed by atoms with Gasteiger partial charge in [0, 0.05) is 18.4 Å². The highest BCUT2D eigenvalue weighted by molar-refractivity contribution is 5.26. The van der Waals surface area contributed by atoms with Crippen LogP contribution in [-0.2, 0) is 0 Å². The summed E-state index contributed by atoms with van der Waals surface area (Å²) < 4.78 is 0. The lowest BCUT2D eigenvalue weighted by atomic mass is 10.1. The van der Waals surface area contributed by atoms with E-state index in [0.29, 0.717) is 18.4 Å². The van der Waals surface area contributed by atoms with E-state index >= 15 is 0 Å². The number of aliphatic hydroxyl groups is 1. The molecule has 0 bridgehead atoms. The summed E-state index contributed by atoms with van der Waals surface area (Å²) in [7, 11) is 0. The van der Waals surface area contributed by atoms with Gasteiger partial charge in [0.25, 0.3) is 0 Å². The van der Waals surface area contributed by atoms with E-state index in [1.807, 2.05) is 6.07 Å². The fourth-order valence-electron chi connectivity index (χ4n) is 1.02. The molecule has 1 aromatic rings. The molecule has 0 aromatic carbocycles. The topological polar surface area (TPSA) is 58.0 Å². The van der Waals surface area contributed by atoms with Gasteiger partial charge in [-0.25, -0.2) is 9.97 Å². The standard InChI is InChI=1S/C10H17N3O/c1-7(2)9-4-5-11-10(13-9)12-6-8(3)14/h4-5,7-8,14H,6H2,1-3H3,(H,11,12,13)/t8-/m1/s1. The van der Waals surface area contributed by atoms with Gasteiger partial charge in [0.05, 0.1) is 6.10 Å². The van der Waals surface area contributed by atoms with Crippen molar-refractivity contribution in [1.82, 2.24) is 9.97 Å². The highest BCUT2D eigenvalue weighted by Gasteiger charge is 2.03. The van der Waals surface area contributed by atoms with Crippen LogP contribution in [0.1, 0.15) is 32.4 Å². The first-order valence-corrected chi connectivity index (χ1v) is 4.84. The van der Waals surface area contributed by atoms with E-state index in [4.69, 9.17) is 5.11 Å². The van der Waals surface area contributed by atoms with Gasteiger partial charge in [-0.3, -0.25) is 0 Å². The highest BCUT2D eigenvalue weighted by Crippen LogP contribution is 2.11. The first kappa shape index (κ1) is 10.9. The summed E-state index contributed by atoms with van der Waals surface area (Å²) in [6.07, 6.45) is 1.34. The van der Waals surface area contributed by atoms with Crippen LogP contribution in [0.15, 0.2) is 12.3 Å². The lowest BCUT2D eigenvalue weighted by molar-refractivity contribution is 0.208. The third-order valence-corrected chi connectivity index (χ3v) is 1.82. The van der Waals surface area contributed by atoms with Crippen LogP contribution >= 0.6 is 0 Å². The summed E-state index contributed by atoms with van der Waals surface area (Å²) in [5, 5.41) is 12.0. The Kier molecular flexibility index (Phi) is 3.83. The number of anilines is 1. The SMILES string of the molecule is CC(C)c1ccnc(NC[C@@H](C)O)n1. The van der Waals surface area contributed by atoms with Crippen LogP contribution in [0.5, 0.6) is 0 Å². The van der Waals surface area contributed by atoms with Crippen LogP contribution in [0, 0.1) is 0 Å². The summed E-state index contributed by atoms with van der Waals surface area (Å²) in [5.74, 6) is 0.974. The molecule has 1 rings (SSSR count). The molecule has 0 saturated carbocycles. The van der Waals surface area contributed by atoms with Crippen LogP contribution in [0.3, 0.4) is 0 Å². The number of hydrogen-bond donors (Lipinski definition) is 2. The number of hydrogen-bond acceptors (Lipinski definition) is 4. The first-order chi connectivity index (χ1) is 6.59. The summed E-state index contributed by atoms with van der Waals surface area (Å²) in [6.45, 7) is 6.36. The van der Waals surface area contributed by atoms with Crippen molar-refractivity contribution in [1.29, 1.82) is 0 Å². The van der Waals surface area contributed by atoms with Crippen molar-refractivity contribution in [2.45, 2.75) is 32.8 Å². The molecule has 0 amide bonds. The smallest absolute Gasteiger partial charge is 0.222 e. The van der Waals surface area contributed by atoms with Gasteiger partial charge in [-0.1, -0.05) is 13.8 Å². The van der Waals surface area contributed by atoms with Crippen LogP contribution in [-0.4, -0.2) is 27.7 Å². The molecular weight excluding hydrogens is 178 g/mol. The summed E-state index contributed by atoms with van der Waals surface area (Å²) in [5.41, 5.74) is 1.01. The Bertz CT molecular complexity index is 286. The first-order valence-electron chi connectivity index (χ1n) is 4.84. The summed E-state index contributed by atoms with van der Waals surface area (Å²) >= 11 is 0.